The van der Waals surface area contributed by atoms with Gasteiger partial charge in [0.15, 0.2) is 0 Å². The van der Waals surface area contributed by atoms with Gasteiger partial charge in [-0.1, -0.05) is 25.1 Å². The summed E-state index contributed by atoms with van der Waals surface area (Å²) in [4.78, 5) is 25.5. The molecule has 0 radical (unpaired) electrons. The van der Waals surface area contributed by atoms with Crippen molar-refractivity contribution in [3.05, 3.63) is 62.3 Å². The third-order valence-electron chi connectivity index (χ3n) is 3.79. The lowest BCUT2D eigenvalue weighted by Gasteiger charge is -2.04. The summed E-state index contributed by atoms with van der Waals surface area (Å²) in [5.74, 6) is -0.574. The first-order valence-corrected chi connectivity index (χ1v) is 8.23. The highest BCUT2D eigenvalue weighted by atomic mass is 32.1. The number of nitriles is 1. The van der Waals surface area contributed by atoms with Crippen LogP contribution in [0.2, 0.25) is 0 Å². The number of hydrogen-bond acceptors (Lipinski definition) is 5. The molecule has 3 rings (SSSR count). The fourth-order valence-corrected chi connectivity index (χ4v) is 3.69. The fraction of sp³-hybridized carbons (Fsp3) is 0.167. The van der Waals surface area contributed by atoms with Gasteiger partial charge in [-0.05, 0) is 31.0 Å². The Morgan fingerprint density at radius 2 is 2.12 bits per heavy atom. The Hall–Kier alpha value is -2.91. The van der Waals surface area contributed by atoms with Crippen molar-refractivity contribution in [2.75, 3.05) is 5.32 Å². The molecule has 6 heteroatoms. The Morgan fingerprint density at radius 1 is 1.38 bits per heavy atom. The zero-order chi connectivity index (χ0) is 17.3. The van der Waals surface area contributed by atoms with Crippen LogP contribution in [0.4, 0.5) is 5.00 Å². The molecule has 3 aromatic rings. The van der Waals surface area contributed by atoms with E-state index in [2.05, 4.69) is 11.4 Å². The Morgan fingerprint density at radius 3 is 2.83 bits per heavy atom. The minimum atomic E-state index is -0.700. The number of carbonyl (C=O) groups is 1. The molecule has 120 valence electrons. The van der Waals surface area contributed by atoms with Crippen LogP contribution in [0.1, 0.15) is 33.3 Å². The number of fused-ring (bicyclic) bond motifs is 1. The molecule has 1 aromatic carbocycles. The van der Waals surface area contributed by atoms with Crippen molar-refractivity contribution in [2.24, 2.45) is 0 Å². The maximum atomic E-state index is 12.5. The molecule has 0 bridgehead atoms. The third kappa shape index (κ3) is 2.70. The molecule has 0 fully saturated rings. The highest BCUT2D eigenvalue weighted by molar-refractivity contribution is 7.16. The smallest absolute Gasteiger partial charge is 0.349 e. The van der Waals surface area contributed by atoms with Gasteiger partial charge in [0, 0.05) is 10.3 Å². The molecule has 0 aliphatic rings. The lowest BCUT2D eigenvalue weighted by atomic mass is 10.1. The van der Waals surface area contributed by atoms with Gasteiger partial charge >= 0.3 is 5.63 Å². The second kappa shape index (κ2) is 6.30. The van der Waals surface area contributed by atoms with Gasteiger partial charge in [-0.15, -0.1) is 11.3 Å². The molecule has 24 heavy (non-hydrogen) atoms. The maximum Gasteiger partial charge on any atom is 0.349 e. The van der Waals surface area contributed by atoms with Crippen molar-refractivity contribution >= 4 is 33.2 Å². The van der Waals surface area contributed by atoms with Gasteiger partial charge in [0.05, 0.1) is 5.56 Å². The van der Waals surface area contributed by atoms with E-state index in [9.17, 15) is 14.9 Å². The van der Waals surface area contributed by atoms with Gasteiger partial charge in [0.1, 0.15) is 22.2 Å². The second-order valence-electron chi connectivity index (χ2n) is 5.25. The lowest BCUT2D eigenvalue weighted by molar-refractivity contribution is 0.102. The van der Waals surface area contributed by atoms with Crippen molar-refractivity contribution in [2.45, 2.75) is 20.3 Å². The van der Waals surface area contributed by atoms with E-state index in [-0.39, 0.29) is 5.56 Å². The van der Waals surface area contributed by atoms with Crippen LogP contribution < -0.4 is 10.9 Å². The first-order valence-electron chi connectivity index (χ1n) is 7.41. The number of nitrogens with zero attached hydrogens (tertiary/aromatic N) is 1. The molecule has 0 aliphatic heterocycles. The molecule has 0 spiro atoms. The van der Waals surface area contributed by atoms with E-state index in [0.717, 1.165) is 10.4 Å². The topological polar surface area (TPSA) is 83.1 Å². The molecule has 2 aromatic heterocycles. The number of rotatable bonds is 3. The van der Waals surface area contributed by atoms with Crippen molar-refractivity contribution in [1.29, 1.82) is 5.26 Å². The molecule has 0 saturated carbocycles. The Balaban J connectivity index is 2.01. The van der Waals surface area contributed by atoms with Crippen molar-refractivity contribution in [3.63, 3.8) is 0 Å². The van der Waals surface area contributed by atoms with Crippen LogP contribution >= 0.6 is 11.3 Å². The van der Waals surface area contributed by atoms with E-state index >= 15 is 0 Å². The highest BCUT2D eigenvalue weighted by Gasteiger charge is 2.19. The summed E-state index contributed by atoms with van der Waals surface area (Å²) >= 11 is 1.34. The zero-order valence-electron chi connectivity index (χ0n) is 13.2. The number of aryl methyl sites for hydroxylation is 1. The number of amides is 1. The molecule has 0 unspecified atom stereocenters. The predicted octanol–water partition coefficient (Wildman–Crippen LogP) is 3.85. The van der Waals surface area contributed by atoms with Crippen LogP contribution in [-0.2, 0) is 6.42 Å². The molecule has 0 saturated heterocycles. The summed E-state index contributed by atoms with van der Waals surface area (Å²) in [6.07, 6.45) is 0.708. The zero-order valence-corrected chi connectivity index (χ0v) is 14.0. The minimum absolute atomic E-state index is 0.0818. The normalized spacial score (nSPS) is 10.5. The SMILES string of the molecule is CCc1c(C)sc(NC(=O)c2cc3ccccc3oc2=O)c1C#N. The van der Waals surface area contributed by atoms with E-state index in [0.29, 0.717) is 28.0 Å². The second-order valence-corrected chi connectivity index (χ2v) is 6.47. The summed E-state index contributed by atoms with van der Waals surface area (Å²) in [7, 11) is 0. The van der Waals surface area contributed by atoms with E-state index in [1.54, 1.807) is 24.3 Å². The van der Waals surface area contributed by atoms with Gasteiger partial charge in [0.2, 0.25) is 0 Å². The van der Waals surface area contributed by atoms with Crippen LogP contribution in [0.5, 0.6) is 0 Å². The summed E-state index contributed by atoms with van der Waals surface area (Å²) in [6.45, 7) is 3.86. The number of thiophene rings is 1. The van der Waals surface area contributed by atoms with Crippen LogP contribution in [0.25, 0.3) is 11.0 Å². The summed E-state index contributed by atoms with van der Waals surface area (Å²) in [5, 5.41) is 13.2. The summed E-state index contributed by atoms with van der Waals surface area (Å²) < 4.78 is 5.18. The van der Waals surface area contributed by atoms with Crippen molar-refractivity contribution in [1.82, 2.24) is 0 Å². The minimum Gasteiger partial charge on any atom is -0.422 e. The number of para-hydroxylation sites is 1. The molecule has 1 N–H and O–H groups in total. The average Bonchev–Trinajstić information content (AvgIpc) is 2.88. The number of benzene rings is 1. The van der Waals surface area contributed by atoms with Gasteiger partial charge in [0.25, 0.3) is 5.91 Å². The van der Waals surface area contributed by atoms with Crippen molar-refractivity contribution < 1.29 is 9.21 Å². The van der Waals surface area contributed by atoms with Gasteiger partial charge in [-0.3, -0.25) is 4.79 Å². The number of hydrogen-bond donors (Lipinski definition) is 1. The largest absolute Gasteiger partial charge is 0.422 e. The van der Waals surface area contributed by atoms with E-state index in [4.69, 9.17) is 4.42 Å². The molecule has 1 amide bonds. The monoisotopic (exact) mass is 338 g/mol. The molecule has 2 heterocycles. The van der Waals surface area contributed by atoms with Crippen LogP contribution in [0, 0.1) is 18.3 Å². The standard InChI is InChI=1S/C18H14N2O3S/c1-3-12-10(2)24-17(14(12)9-19)20-16(21)13-8-11-6-4-5-7-15(11)23-18(13)22/h4-8H,3H2,1-2H3,(H,20,21). The summed E-state index contributed by atoms with van der Waals surface area (Å²) in [5.41, 5.74) is 1.02. The van der Waals surface area contributed by atoms with Crippen LogP contribution in [0.15, 0.2) is 39.5 Å². The van der Waals surface area contributed by atoms with Crippen LogP contribution in [0.3, 0.4) is 0 Å². The molecule has 5 nitrogen and oxygen atoms in total. The molecular formula is C18H14N2O3S. The number of nitrogens with one attached hydrogen (secondary N) is 1. The molecule has 0 atom stereocenters. The fourth-order valence-electron chi connectivity index (χ4n) is 2.60. The first-order chi connectivity index (χ1) is 11.5. The highest BCUT2D eigenvalue weighted by Crippen LogP contribution is 2.33. The van der Waals surface area contributed by atoms with E-state index in [1.165, 1.54) is 17.4 Å². The predicted molar refractivity (Wildman–Crippen MR) is 93.6 cm³/mol. The Bertz CT molecular complexity index is 1040. The maximum absolute atomic E-state index is 12.5. The van der Waals surface area contributed by atoms with Crippen LogP contribution in [-0.4, -0.2) is 5.91 Å². The quantitative estimate of drug-likeness (QED) is 0.735. The van der Waals surface area contributed by atoms with E-state index < -0.39 is 11.5 Å². The van der Waals surface area contributed by atoms with Gasteiger partial charge < -0.3 is 9.73 Å². The third-order valence-corrected chi connectivity index (χ3v) is 4.85. The lowest BCUT2D eigenvalue weighted by Crippen LogP contribution is -2.20. The first kappa shape index (κ1) is 16.0. The molecular weight excluding hydrogens is 324 g/mol. The molecule has 0 aliphatic carbocycles. The summed E-state index contributed by atoms with van der Waals surface area (Å²) in [6, 6.07) is 10.6. The van der Waals surface area contributed by atoms with Gasteiger partial charge in [-0.2, -0.15) is 5.26 Å². The van der Waals surface area contributed by atoms with Gasteiger partial charge in [-0.25, -0.2) is 4.79 Å². The Kier molecular flexibility index (Phi) is 4.19. The van der Waals surface area contributed by atoms with Crippen molar-refractivity contribution in [3.8, 4) is 6.07 Å². The number of carbonyl (C=O) groups excluding carboxylic acids is 1. The average molecular weight is 338 g/mol. The van der Waals surface area contributed by atoms with E-state index in [1.807, 2.05) is 13.8 Å². The number of anilines is 1. The Labute approximate surface area is 142 Å².